The Morgan fingerprint density at radius 3 is 2.44 bits per heavy atom. The molecule has 2 aliphatic rings. The number of amides is 1. The van der Waals surface area contributed by atoms with Crippen LogP contribution in [0.25, 0.3) is 0 Å². The van der Waals surface area contributed by atoms with Gasteiger partial charge in [0.25, 0.3) is 0 Å². The van der Waals surface area contributed by atoms with Gasteiger partial charge < -0.3 is 14.0 Å². The van der Waals surface area contributed by atoms with Crippen LogP contribution in [0.3, 0.4) is 0 Å². The van der Waals surface area contributed by atoms with Crippen molar-refractivity contribution in [2.24, 2.45) is 0 Å². The van der Waals surface area contributed by atoms with Gasteiger partial charge in [0.15, 0.2) is 5.82 Å². The minimum Gasteiger partial charge on any atom is -0.348 e. The molecule has 0 N–H and O–H groups in total. The quantitative estimate of drug-likeness (QED) is 0.821. The normalized spacial score (nSPS) is 19.7. The summed E-state index contributed by atoms with van der Waals surface area (Å²) in [6.45, 7) is 0.387. The highest BCUT2D eigenvalue weighted by atomic mass is 19.4. The Morgan fingerprint density at radius 1 is 1.07 bits per heavy atom. The molecule has 0 atom stereocenters. The van der Waals surface area contributed by atoms with Crippen molar-refractivity contribution in [3.05, 3.63) is 36.2 Å². The topological polar surface area (TPSA) is 56.0 Å². The van der Waals surface area contributed by atoms with Crippen LogP contribution in [0.4, 0.5) is 13.2 Å². The Kier molecular flexibility index (Phi) is 4.47. The maximum absolute atomic E-state index is 13.0. The Hall–Kier alpha value is -2.32. The zero-order valence-corrected chi connectivity index (χ0v) is 15.0. The fraction of sp³-hybridized carbons (Fsp3) is 0.611. The first-order valence-corrected chi connectivity index (χ1v) is 9.30. The molecule has 1 aliphatic carbocycles. The van der Waals surface area contributed by atoms with Crippen LogP contribution in [-0.4, -0.2) is 36.7 Å². The van der Waals surface area contributed by atoms with Crippen LogP contribution in [0.1, 0.15) is 50.2 Å². The Labute approximate surface area is 155 Å². The first-order chi connectivity index (χ1) is 12.9. The summed E-state index contributed by atoms with van der Waals surface area (Å²) in [5.41, 5.74) is -0.235. The summed E-state index contributed by atoms with van der Waals surface area (Å²) in [6, 6.07) is 3.92. The lowest BCUT2D eigenvalue weighted by atomic mass is 9.78. The predicted molar refractivity (Wildman–Crippen MR) is 90.5 cm³/mol. The van der Waals surface area contributed by atoms with Crippen molar-refractivity contribution >= 4 is 5.91 Å². The first-order valence-electron chi connectivity index (χ1n) is 9.30. The molecule has 0 unspecified atom stereocenters. The lowest BCUT2D eigenvalue weighted by Crippen LogP contribution is -2.45. The monoisotopic (exact) mass is 381 g/mol. The molecule has 0 radical (unpaired) electrons. The second-order valence-corrected chi connectivity index (χ2v) is 7.46. The van der Waals surface area contributed by atoms with Gasteiger partial charge in [-0.1, -0.05) is 19.3 Å². The largest absolute Gasteiger partial charge is 0.451 e. The van der Waals surface area contributed by atoms with E-state index in [-0.39, 0.29) is 36.9 Å². The summed E-state index contributed by atoms with van der Waals surface area (Å²) in [5, 5.41) is 6.94. The van der Waals surface area contributed by atoms with Crippen molar-refractivity contribution in [2.45, 2.75) is 63.3 Å². The number of fused-ring (bicyclic) bond motifs is 1. The first kappa shape index (κ1) is 18.1. The molecule has 1 saturated carbocycles. The molecule has 3 heterocycles. The van der Waals surface area contributed by atoms with E-state index in [2.05, 4.69) is 14.8 Å². The third-order valence-electron chi connectivity index (χ3n) is 5.78. The summed E-state index contributed by atoms with van der Waals surface area (Å²) < 4.78 is 42.1. The van der Waals surface area contributed by atoms with E-state index in [9.17, 15) is 18.0 Å². The van der Waals surface area contributed by atoms with Gasteiger partial charge in [0, 0.05) is 25.5 Å². The maximum Gasteiger partial charge on any atom is 0.451 e. The number of nitrogens with zero attached hydrogens (tertiary/aromatic N) is 5. The molecule has 0 saturated heterocycles. The second-order valence-electron chi connectivity index (χ2n) is 7.46. The van der Waals surface area contributed by atoms with Crippen LogP contribution in [0.15, 0.2) is 24.5 Å². The van der Waals surface area contributed by atoms with Gasteiger partial charge in [0.1, 0.15) is 0 Å². The average molecular weight is 381 g/mol. The molecule has 1 fully saturated rings. The highest BCUT2D eigenvalue weighted by Crippen LogP contribution is 2.39. The van der Waals surface area contributed by atoms with Crippen LogP contribution in [0.2, 0.25) is 0 Å². The third-order valence-corrected chi connectivity index (χ3v) is 5.78. The van der Waals surface area contributed by atoms with Gasteiger partial charge in [-0.25, -0.2) is 0 Å². The number of alkyl halides is 3. The Morgan fingerprint density at radius 2 is 1.78 bits per heavy atom. The van der Waals surface area contributed by atoms with E-state index in [1.807, 2.05) is 24.5 Å². The van der Waals surface area contributed by atoms with Crippen LogP contribution >= 0.6 is 0 Å². The van der Waals surface area contributed by atoms with Gasteiger partial charge in [-0.05, 0) is 25.0 Å². The van der Waals surface area contributed by atoms with Crippen molar-refractivity contribution in [2.75, 3.05) is 6.54 Å². The molecule has 2 aromatic heterocycles. The van der Waals surface area contributed by atoms with E-state index in [0.29, 0.717) is 6.42 Å². The Bertz CT molecular complexity index is 806. The molecule has 1 aliphatic heterocycles. The summed E-state index contributed by atoms with van der Waals surface area (Å²) in [6.07, 6.45) is 5.04. The molecular weight excluding hydrogens is 359 g/mol. The van der Waals surface area contributed by atoms with Gasteiger partial charge in [0.2, 0.25) is 11.7 Å². The van der Waals surface area contributed by atoms with E-state index < -0.39 is 12.0 Å². The number of carbonyl (C=O) groups is 1. The lowest BCUT2D eigenvalue weighted by molar-refractivity contribution is -0.148. The molecule has 2 aromatic rings. The molecule has 0 spiro atoms. The molecule has 4 rings (SSSR count). The molecule has 146 valence electrons. The molecule has 6 nitrogen and oxygen atoms in total. The highest BCUT2D eigenvalue weighted by Gasteiger charge is 2.41. The van der Waals surface area contributed by atoms with Crippen LogP contribution < -0.4 is 0 Å². The van der Waals surface area contributed by atoms with Crippen molar-refractivity contribution in [1.29, 1.82) is 0 Å². The van der Waals surface area contributed by atoms with E-state index in [4.69, 9.17) is 0 Å². The number of rotatable bonds is 3. The molecule has 27 heavy (non-hydrogen) atoms. The minimum absolute atomic E-state index is 0.0339. The van der Waals surface area contributed by atoms with E-state index >= 15 is 0 Å². The molecule has 0 bridgehead atoms. The fourth-order valence-corrected chi connectivity index (χ4v) is 4.36. The van der Waals surface area contributed by atoms with E-state index in [1.165, 1.54) is 6.42 Å². The highest BCUT2D eigenvalue weighted by molar-refractivity contribution is 5.77. The van der Waals surface area contributed by atoms with Crippen LogP contribution in [0.5, 0.6) is 0 Å². The smallest absolute Gasteiger partial charge is 0.348 e. The van der Waals surface area contributed by atoms with Crippen LogP contribution in [-0.2, 0) is 29.6 Å². The number of hydrogen-bond donors (Lipinski definition) is 0. The lowest BCUT2D eigenvalue weighted by Gasteiger charge is -2.40. The van der Waals surface area contributed by atoms with E-state index in [0.717, 1.165) is 30.3 Å². The molecule has 9 heteroatoms. The molecule has 1 amide bonds. The zero-order valence-electron chi connectivity index (χ0n) is 15.0. The minimum atomic E-state index is -4.53. The number of halogens is 3. The van der Waals surface area contributed by atoms with Gasteiger partial charge in [0.05, 0.1) is 18.5 Å². The van der Waals surface area contributed by atoms with Crippen molar-refractivity contribution in [3.8, 4) is 0 Å². The number of carbonyl (C=O) groups excluding carboxylic acids is 1. The Balaban J connectivity index is 1.51. The fourth-order valence-electron chi connectivity index (χ4n) is 4.36. The number of aromatic nitrogens is 4. The maximum atomic E-state index is 13.0. The predicted octanol–water partition coefficient (Wildman–Crippen LogP) is 3.19. The van der Waals surface area contributed by atoms with Crippen LogP contribution in [0, 0.1) is 0 Å². The SMILES string of the molecule is O=C(CC1(n2cccc2)CCCCC1)N1CCn2c(nnc2C(F)(F)F)C1. The molecule has 0 aromatic carbocycles. The average Bonchev–Trinajstić information content (AvgIpc) is 3.31. The van der Waals surface area contributed by atoms with Gasteiger partial charge >= 0.3 is 6.18 Å². The van der Waals surface area contributed by atoms with Crippen molar-refractivity contribution in [3.63, 3.8) is 0 Å². The molecular formula is C18H22F3N5O. The van der Waals surface area contributed by atoms with Gasteiger partial charge in [-0.2, -0.15) is 13.2 Å². The zero-order chi connectivity index (χ0) is 19.1. The van der Waals surface area contributed by atoms with E-state index in [1.54, 1.807) is 4.90 Å². The van der Waals surface area contributed by atoms with Gasteiger partial charge in [-0.3, -0.25) is 4.79 Å². The summed E-state index contributed by atoms with van der Waals surface area (Å²) >= 11 is 0. The van der Waals surface area contributed by atoms with Gasteiger partial charge in [-0.15, -0.1) is 10.2 Å². The summed E-state index contributed by atoms with van der Waals surface area (Å²) in [7, 11) is 0. The van der Waals surface area contributed by atoms with Crippen molar-refractivity contribution < 1.29 is 18.0 Å². The standard InChI is InChI=1S/C18H22F3N5O/c19-18(20,21)16-23-22-14-13-24(10-11-26(14)16)15(27)12-17(6-2-1-3-7-17)25-8-4-5-9-25/h4-5,8-9H,1-3,6-7,10-13H2. The summed E-state index contributed by atoms with van der Waals surface area (Å²) in [4.78, 5) is 14.6. The second kappa shape index (κ2) is 6.69. The number of hydrogen-bond acceptors (Lipinski definition) is 3. The third kappa shape index (κ3) is 3.35. The summed E-state index contributed by atoms with van der Waals surface area (Å²) in [5.74, 6) is -0.824. The van der Waals surface area contributed by atoms with Crippen molar-refractivity contribution in [1.82, 2.24) is 24.2 Å².